The van der Waals surface area contributed by atoms with Gasteiger partial charge in [-0.1, -0.05) is 63.4 Å². The van der Waals surface area contributed by atoms with E-state index in [-0.39, 0.29) is 30.0 Å². The summed E-state index contributed by atoms with van der Waals surface area (Å²) >= 11 is 30.2. The van der Waals surface area contributed by atoms with E-state index in [0.717, 1.165) is 4.57 Å². The van der Waals surface area contributed by atoms with Crippen molar-refractivity contribution in [2.24, 2.45) is 0 Å². The van der Waals surface area contributed by atoms with Crippen molar-refractivity contribution < 1.29 is 19.4 Å². The second-order valence-corrected chi connectivity index (χ2v) is 12.8. The molecule has 0 unspecified atom stereocenters. The average Bonchev–Trinajstić information content (AvgIpc) is 3.22. The normalized spacial score (nSPS) is 27.2. The number of methoxy groups -OCH3 is 1. The van der Waals surface area contributed by atoms with Crippen molar-refractivity contribution in [1.29, 1.82) is 0 Å². The molecule has 0 radical (unpaired) electrons. The lowest BCUT2D eigenvalue weighted by atomic mass is 9.59. The third-order valence-corrected chi connectivity index (χ3v) is 10.6. The van der Waals surface area contributed by atoms with Gasteiger partial charge in [0.25, 0.3) is 0 Å². The first-order chi connectivity index (χ1) is 19.4. The molecule has 1 fully saturated rings. The van der Waals surface area contributed by atoms with Crippen LogP contribution >= 0.6 is 62.3 Å². The van der Waals surface area contributed by atoms with Crippen LogP contribution in [0.3, 0.4) is 0 Å². The van der Waals surface area contributed by atoms with Crippen molar-refractivity contribution in [2.45, 2.75) is 34.7 Å². The molecule has 2 aromatic carbocycles. The van der Waals surface area contributed by atoms with Crippen LogP contribution in [0.5, 0.6) is 11.5 Å². The molecular weight excluding hydrogens is 684 g/mol. The Morgan fingerprint density at radius 1 is 1.00 bits per heavy atom. The number of alkyl halides is 2. The topological polar surface area (TPSA) is 113 Å². The fourth-order valence-corrected chi connectivity index (χ4v) is 8.05. The Morgan fingerprint density at radius 3 is 2.32 bits per heavy atom. The molecule has 0 bridgehead atoms. The Balaban J connectivity index is 1.68. The van der Waals surface area contributed by atoms with Crippen LogP contribution < -0.4 is 16.1 Å². The number of fused-ring (bicyclic) bond motifs is 4. The molecule has 1 aromatic heterocycles. The van der Waals surface area contributed by atoms with Gasteiger partial charge in [-0.15, -0.1) is 23.2 Å². The van der Waals surface area contributed by atoms with Crippen LogP contribution in [0.2, 0.25) is 0 Å². The molecule has 1 N–H and O–H groups in total. The zero-order chi connectivity index (χ0) is 29.6. The minimum atomic E-state index is -2.28. The maximum absolute atomic E-state index is 13.9. The smallest absolute Gasteiger partial charge is 0.352 e. The Morgan fingerprint density at radius 2 is 1.66 bits per heavy atom. The second kappa shape index (κ2) is 9.64. The number of carbonyl (C=O) groups is 2. The number of rotatable bonds is 3. The van der Waals surface area contributed by atoms with E-state index < -0.39 is 54.7 Å². The predicted molar refractivity (Wildman–Crippen MR) is 157 cm³/mol. The predicted octanol–water partition coefficient (Wildman–Crippen LogP) is 4.74. The van der Waals surface area contributed by atoms with Crippen molar-refractivity contribution in [3.8, 4) is 17.2 Å². The molecule has 6 rings (SSSR count). The zero-order valence-electron chi connectivity index (χ0n) is 20.9. The van der Waals surface area contributed by atoms with Crippen LogP contribution in [0.4, 0.5) is 0 Å². The van der Waals surface area contributed by atoms with Gasteiger partial charge in [0.2, 0.25) is 0 Å². The quantitative estimate of drug-likeness (QED) is 0.312. The molecule has 2 aliphatic carbocycles. The summed E-state index contributed by atoms with van der Waals surface area (Å²) in [5.74, 6) is -3.46. The molecule has 3 aliphatic rings. The van der Waals surface area contributed by atoms with E-state index >= 15 is 0 Å². The summed E-state index contributed by atoms with van der Waals surface area (Å²) < 4.78 is 9.22. The summed E-state index contributed by atoms with van der Waals surface area (Å²) in [6.45, 7) is -0.0726. The summed E-state index contributed by atoms with van der Waals surface area (Å²) in [5.41, 5.74) is -0.499. The number of aromatic nitrogens is 3. The minimum absolute atomic E-state index is 0.0481. The van der Waals surface area contributed by atoms with Crippen molar-refractivity contribution in [3.05, 3.63) is 95.2 Å². The Hall–Kier alpha value is -2.76. The molecule has 3 aromatic rings. The highest BCUT2D eigenvalue weighted by atomic mass is 79.9. The summed E-state index contributed by atoms with van der Waals surface area (Å²) in [7, 11) is 1.34. The maximum atomic E-state index is 13.9. The van der Waals surface area contributed by atoms with Crippen LogP contribution in [-0.2, 0) is 16.1 Å². The number of allylic oxidation sites excluding steroid dienone is 4. The van der Waals surface area contributed by atoms with Gasteiger partial charge in [-0.25, -0.2) is 23.5 Å². The molecule has 9 nitrogen and oxygen atoms in total. The molecule has 1 aliphatic heterocycles. The number of nitrogens with zero attached hydrogens (tertiary/aromatic N) is 3. The highest BCUT2D eigenvalue weighted by Crippen LogP contribution is 2.65. The van der Waals surface area contributed by atoms with Crippen molar-refractivity contribution in [3.63, 3.8) is 0 Å². The number of aromatic hydroxyl groups is 1. The van der Waals surface area contributed by atoms with Gasteiger partial charge in [0.05, 0.1) is 25.4 Å². The number of phenols is 1. The molecule has 4 atom stereocenters. The van der Waals surface area contributed by atoms with E-state index in [1.807, 2.05) is 0 Å². The Bertz CT molecular complexity index is 1860. The number of benzene rings is 2. The van der Waals surface area contributed by atoms with Crippen molar-refractivity contribution in [1.82, 2.24) is 13.9 Å². The van der Waals surface area contributed by atoms with Crippen LogP contribution in [-0.4, -0.2) is 47.5 Å². The highest BCUT2D eigenvalue weighted by molar-refractivity contribution is 9.10. The highest BCUT2D eigenvalue weighted by Gasteiger charge is 2.71. The monoisotopic (exact) mass is 699 g/mol. The largest absolute Gasteiger partial charge is 0.504 e. The van der Waals surface area contributed by atoms with E-state index in [4.69, 9.17) is 51.1 Å². The molecule has 14 heteroatoms. The Kier molecular flexibility index (Phi) is 6.67. The van der Waals surface area contributed by atoms with Gasteiger partial charge < -0.3 is 9.84 Å². The number of phenolic OH excluding ortho intramolecular Hbond substituents is 1. The van der Waals surface area contributed by atoms with Crippen LogP contribution in [0.1, 0.15) is 23.9 Å². The number of hydrogen-bond acceptors (Lipinski definition) is 6. The van der Waals surface area contributed by atoms with Gasteiger partial charge in [0, 0.05) is 22.4 Å². The van der Waals surface area contributed by atoms with E-state index in [9.17, 15) is 24.3 Å². The zero-order valence-corrected chi connectivity index (χ0v) is 25.5. The van der Waals surface area contributed by atoms with Crippen LogP contribution in [0, 0.1) is 0 Å². The van der Waals surface area contributed by atoms with Gasteiger partial charge in [-0.2, -0.15) is 0 Å². The summed E-state index contributed by atoms with van der Waals surface area (Å²) in [5, 5.41) is 10.1. The maximum Gasteiger partial charge on any atom is 0.352 e. The first-order valence-corrected chi connectivity index (χ1v) is 14.5. The number of carbonyl (C=O) groups excluding carboxylic acids is 2. The first kappa shape index (κ1) is 28.4. The SMILES string of the molecule is COc1cc(Br)cc([C@H]2C3=CCn4c(=O)n(-c5ccccc5)c(=O)n4[C@@H]3C[C@@]3(Cl)C(=O)C(Cl)=C(Cl)C(=O)[C@@]23Cl)c1O. The first-order valence-electron chi connectivity index (χ1n) is 12.2. The molecule has 212 valence electrons. The lowest BCUT2D eigenvalue weighted by Crippen LogP contribution is -2.67. The van der Waals surface area contributed by atoms with Gasteiger partial charge in [-0.3, -0.25) is 9.59 Å². The van der Waals surface area contributed by atoms with Gasteiger partial charge >= 0.3 is 11.4 Å². The molecule has 0 amide bonds. The molecular formula is C27H18BrCl4N3O6. The fraction of sp³-hybridized carbons (Fsp3) is 0.259. The molecule has 1 saturated carbocycles. The van der Waals surface area contributed by atoms with E-state index in [0.29, 0.717) is 15.7 Å². The number of para-hydroxylation sites is 1. The number of Topliss-reactive ketones (excluding diaryl/α,β-unsaturated/α-hetero) is 2. The lowest BCUT2D eigenvalue weighted by molar-refractivity contribution is -0.128. The van der Waals surface area contributed by atoms with Crippen LogP contribution in [0.25, 0.3) is 5.69 Å². The molecule has 2 heterocycles. The van der Waals surface area contributed by atoms with E-state index in [1.54, 1.807) is 36.4 Å². The number of halogens is 5. The minimum Gasteiger partial charge on any atom is -0.504 e. The van der Waals surface area contributed by atoms with Crippen molar-refractivity contribution >= 4 is 73.9 Å². The third-order valence-electron chi connectivity index (χ3n) is 7.92. The number of ketones is 2. The standard InChI is InChI=1S/C27H18BrCl4N3O6/c1-41-17-10-12(28)9-15(21(17)36)18-14-7-8-33-24(39)34(13-5-3-2-4-6-13)25(40)35(33)16(14)11-26(31)22(37)19(29)20(30)23(38)27(18,26)32/h2-7,9-10,16,18,36H,8,11H2,1H3/t16-,18-,26-,27+/m1/s1. The van der Waals surface area contributed by atoms with Crippen molar-refractivity contribution in [2.75, 3.05) is 7.11 Å². The summed E-state index contributed by atoms with van der Waals surface area (Å²) in [4.78, 5) is 50.5. The van der Waals surface area contributed by atoms with Gasteiger partial charge in [0.1, 0.15) is 19.8 Å². The number of ether oxygens (including phenoxy) is 1. The van der Waals surface area contributed by atoms with E-state index in [2.05, 4.69) is 15.9 Å². The summed E-state index contributed by atoms with van der Waals surface area (Å²) in [6, 6.07) is 10.3. The van der Waals surface area contributed by atoms with E-state index in [1.165, 1.54) is 28.6 Å². The van der Waals surface area contributed by atoms with Gasteiger partial charge in [0.15, 0.2) is 23.1 Å². The average molecular weight is 702 g/mol. The fourth-order valence-electron chi connectivity index (χ4n) is 6.08. The summed E-state index contributed by atoms with van der Waals surface area (Å²) in [6.07, 6.45) is 1.26. The lowest BCUT2D eigenvalue weighted by Gasteiger charge is -2.54. The third kappa shape index (κ3) is 3.67. The second-order valence-electron chi connectivity index (χ2n) is 9.86. The number of hydrogen-bond donors (Lipinski definition) is 1. The molecule has 0 spiro atoms. The Labute approximate surface area is 260 Å². The van der Waals surface area contributed by atoms with Gasteiger partial charge in [-0.05, 0) is 29.8 Å². The molecule has 41 heavy (non-hydrogen) atoms. The van der Waals surface area contributed by atoms with Crippen LogP contribution in [0.15, 0.2) is 78.2 Å². The molecule has 0 saturated heterocycles.